The maximum atomic E-state index is 11.5. The Balaban J connectivity index is 1.84. The zero-order valence-electron chi connectivity index (χ0n) is 10.6. The number of thiophene rings is 1. The van der Waals surface area contributed by atoms with Gasteiger partial charge in [-0.1, -0.05) is 0 Å². The van der Waals surface area contributed by atoms with Crippen LogP contribution < -0.4 is 10.9 Å². The van der Waals surface area contributed by atoms with Crippen LogP contribution in [0.25, 0.3) is 0 Å². The van der Waals surface area contributed by atoms with E-state index in [2.05, 4.69) is 28.8 Å². The largest absolute Gasteiger partial charge is 0.310 e. The Hall–Kier alpha value is -1.46. The van der Waals surface area contributed by atoms with Crippen molar-refractivity contribution in [3.8, 4) is 0 Å². The van der Waals surface area contributed by atoms with Gasteiger partial charge in [0.1, 0.15) is 0 Å². The van der Waals surface area contributed by atoms with Crippen molar-refractivity contribution in [1.29, 1.82) is 0 Å². The van der Waals surface area contributed by atoms with Gasteiger partial charge in [0.15, 0.2) is 0 Å². The van der Waals surface area contributed by atoms with Gasteiger partial charge in [-0.15, -0.1) is 11.3 Å². The normalized spacial score (nSPS) is 10.8. The molecule has 0 aromatic carbocycles. The minimum absolute atomic E-state index is 0.0466. The molecule has 0 amide bonds. The summed E-state index contributed by atoms with van der Waals surface area (Å²) in [6, 6.07) is 5.42. The van der Waals surface area contributed by atoms with Crippen molar-refractivity contribution in [3.05, 3.63) is 50.1 Å². The number of rotatable bonds is 5. The van der Waals surface area contributed by atoms with E-state index < -0.39 is 0 Å². The molecular weight excluding hydrogens is 246 g/mol. The van der Waals surface area contributed by atoms with E-state index in [4.69, 9.17) is 0 Å². The zero-order chi connectivity index (χ0) is 13.0. The molecule has 1 N–H and O–H groups in total. The van der Waals surface area contributed by atoms with Crippen LogP contribution in [0.15, 0.2) is 28.4 Å². The van der Waals surface area contributed by atoms with E-state index >= 15 is 0 Å². The Morgan fingerprint density at radius 1 is 1.33 bits per heavy atom. The quantitative estimate of drug-likeness (QED) is 0.835. The van der Waals surface area contributed by atoms with Gasteiger partial charge in [0.2, 0.25) is 0 Å². The Morgan fingerprint density at radius 3 is 2.89 bits per heavy atom. The average Bonchev–Trinajstić information content (AvgIpc) is 2.75. The predicted octanol–water partition coefficient (Wildman–Crippen LogP) is 1.71. The third-order valence-electron chi connectivity index (χ3n) is 2.75. The van der Waals surface area contributed by atoms with Crippen LogP contribution in [-0.4, -0.2) is 16.3 Å². The van der Waals surface area contributed by atoms with Crippen LogP contribution in [0.2, 0.25) is 0 Å². The van der Waals surface area contributed by atoms with E-state index in [9.17, 15) is 4.79 Å². The molecule has 2 rings (SSSR count). The van der Waals surface area contributed by atoms with Crippen molar-refractivity contribution < 1.29 is 0 Å². The van der Waals surface area contributed by atoms with Crippen LogP contribution in [-0.2, 0) is 13.1 Å². The summed E-state index contributed by atoms with van der Waals surface area (Å²) >= 11 is 1.75. The van der Waals surface area contributed by atoms with Gasteiger partial charge < -0.3 is 5.32 Å². The smallest absolute Gasteiger partial charge is 0.266 e. The monoisotopic (exact) mass is 263 g/mol. The fraction of sp³-hybridized carbons (Fsp3) is 0.385. The van der Waals surface area contributed by atoms with E-state index in [1.807, 2.05) is 6.92 Å². The first-order valence-electron chi connectivity index (χ1n) is 5.95. The Bertz CT molecular complexity index is 574. The second kappa shape index (κ2) is 5.93. The summed E-state index contributed by atoms with van der Waals surface area (Å²) in [5.41, 5.74) is 2.14. The van der Waals surface area contributed by atoms with E-state index in [0.29, 0.717) is 6.54 Å². The van der Waals surface area contributed by atoms with Crippen molar-refractivity contribution in [1.82, 2.24) is 15.1 Å². The number of aryl methyl sites for hydroxylation is 2. The molecule has 18 heavy (non-hydrogen) atoms. The van der Waals surface area contributed by atoms with Gasteiger partial charge in [0.25, 0.3) is 5.56 Å². The lowest BCUT2D eigenvalue weighted by atomic mass is 10.3. The standard InChI is InChI=1S/C13H17N3OS/c1-10-5-8-18-12(10)9-14-6-7-16-13(17)4-3-11(2)15-16/h3-5,8,14H,6-7,9H2,1-2H3. The second-order valence-corrected chi connectivity index (χ2v) is 5.24. The minimum Gasteiger partial charge on any atom is -0.310 e. The predicted molar refractivity (Wildman–Crippen MR) is 74.0 cm³/mol. The lowest BCUT2D eigenvalue weighted by Crippen LogP contribution is -2.28. The van der Waals surface area contributed by atoms with Gasteiger partial charge in [-0.05, 0) is 36.9 Å². The van der Waals surface area contributed by atoms with Crippen LogP contribution in [0.5, 0.6) is 0 Å². The fourth-order valence-corrected chi connectivity index (χ4v) is 2.56. The molecular formula is C13H17N3OS. The summed E-state index contributed by atoms with van der Waals surface area (Å²) in [4.78, 5) is 12.9. The highest BCUT2D eigenvalue weighted by Crippen LogP contribution is 2.14. The van der Waals surface area contributed by atoms with Gasteiger partial charge in [0.05, 0.1) is 12.2 Å². The number of nitrogens with zero attached hydrogens (tertiary/aromatic N) is 2. The first-order valence-corrected chi connectivity index (χ1v) is 6.83. The average molecular weight is 263 g/mol. The number of aromatic nitrogens is 2. The highest BCUT2D eigenvalue weighted by Gasteiger charge is 2.00. The van der Waals surface area contributed by atoms with Gasteiger partial charge >= 0.3 is 0 Å². The topological polar surface area (TPSA) is 46.9 Å². The van der Waals surface area contributed by atoms with Crippen LogP contribution in [0.3, 0.4) is 0 Å². The molecule has 0 aliphatic heterocycles. The fourth-order valence-electron chi connectivity index (χ4n) is 1.68. The Labute approximate surface area is 110 Å². The number of nitrogens with one attached hydrogen (secondary N) is 1. The molecule has 2 aromatic heterocycles. The van der Waals surface area contributed by atoms with Crippen LogP contribution >= 0.6 is 11.3 Å². The molecule has 0 spiro atoms. The summed E-state index contributed by atoms with van der Waals surface area (Å²) in [7, 11) is 0. The zero-order valence-corrected chi connectivity index (χ0v) is 11.5. The molecule has 0 saturated heterocycles. The van der Waals surface area contributed by atoms with E-state index in [1.165, 1.54) is 15.1 Å². The van der Waals surface area contributed by atoms with Crippen LogP contribution in [0, 0.1) is 13.8 Å². The molecule has 0 atom stereocenters. The number of hydrogen-bond donors (Lipinski definition) is 1. The molecule has 0 aliphatic rings. The maximum absolute atomic E-state index is 11.5. The molecule has 0 bridgehead atoms. The van der Waals surface area contributed by atoms with Gasteiger partial charge in [-0.3, -0.25) is 4.79 Å². The molecule has 96 valence electrons. The maximum Gasteiger partial charge on any atom is 0.266 e. The van der Waals surface area contributed by atoms with Crippen LogP contribution in [0.4, 0.5) is 0 Å². The number of hydrogen-bond acceptors (Lipinski definition) is 4. The molecule has 0 unspecified atom stereocenters. The molecule has 0 radical (unpaired) electrons. The minimum atomic E-state index is -0.0466. The molecule has 0 saturated carbocycles. The van der Waals surface area contributed by atoms with Crippen molar-refractivity contribution in [2.45, 2.75) is 26.9 Å². The molecule has 0 aliphatic carbocycles. The van der Waals surface area contributed by atoms with Gasteiger partial charge in [-0.25, -0.2) is 4.68 Å². The summed E-state index contributed by atoms with van der Waals surface area (Å²) < 4.78 is 1.50. The molecule has 2 heterocycles. The Kier molecular flexibility index (Phi) is 4.28. The summed E-state index contributed by atoms with van der Waals surface area (Å²) in [5, 5.41) is 9.62. The summed E-state index contributed by atoms with van der Waals surface area (Å²) in [5.74, 6) is 0. The van der Waals surface area contributed by atoms with Gasteiger partial charge in [-0.2, -0.15) is 5.10 Å². The van der Waals surface area contributed by atoms with Gasteiger partial charge in [0, 0.05) is 24.0 Å². The summed E-state index contributed by atoms with van der Waals surface area (Å²) in [6.45, 7) is 6.20. The van der Waals surface area contributed by atoms with Crippen molar-refractivity contribution in [2.24, 2.45) is 0 Å². The summed E-state index contributed by atoms with van der Waals surface area (Å²) in [6.07, 6.45) is 0. The lowest BCUT2D eigenvalue weighted by Gasteiger charge is -2.06. The molecule has 0 fully saturated rings. The molecule has 4 nitrogen and oxygen atoms in total. The Morgan fingerprint density at radius 2 is 2.17 bits per heavy atom. The third-order valence-corrected chi connectivity index (χ3v) is 3.78. The first-order chi connectivity index (χ1) is 8.66. The SMILES string of the molecule is Cc1ccc(=O)n(CCNCc2sccc2C)n1. The molecule has 2 aromatic rings. The molecule has 5 heteroatoms. The first kappa shape index (κ1) is 13.0. The van der Waals surface area contributed by atoms with E-state index in [-0.39, 0.29) is 5.56 Å². The lowest BCUT2D eigenvalue weighted by molar-refractivity contribution is 0.528. The highest BCUT2D eigenvalue weighted by atomic mass is 32.1. The van der Waals surface area contributed by atoms with E-state index in [1.54, 1.807) is 23.5 Å². The van der Waals surface area contributed by atoms with Crippen molar-refractivity contribution >= 4 is 11.3 Å². The second-order valence-electron chi connectivity index (χ2n) is 4.24. The van der Waals surface area contributed by atoms with Crippen molar-refractivity contribution in [3.63, 3.8) is 0 Å². The van der Waals surface area contributed by atoms with Crippen LogP contribution in [0.1, 0.15) is 16.1 Å². The van der Waals surface area contributed by atoms with E-state index in [0.717, 1.165) is 18.8 Å². The van der Waals surface area contributed by atoms with Crippen molar-refractivity contribution in [2.75, 3.05) is 6.54 Å². The highest BCUT2D eigenvalue weighted by molar-refractivity contribution is 7.10. The third kappa shape index (κ3) is 3.27.